The molecule has 0 aliphatic carbocycles. The molecule has 1 amide bonds. The zero-order valence-corrected chi connectivity index (χ0v) is 18.5. The second-order valence-electron chi connectivity index (χ2n) is 7.72. The lowest BCUT2D eigenvalue weighted by atomic mass is 9.94. The first-order valence-electron chi connectivity index (χ1n) is 10.1. The lowest BCUT2D eigenvalue weighted by Gasteiger charge is -2.36. The number of amides is 1. The van der Waals surface area contributed by atoms with Crippen LogP contribution in [0.25, 0.3) is 0 Å². The summed E-state index contributed by atoms with van der Waals surface area (Å²) >= 11 is 6.11. The fourth-order valence-electron chi connectivity index (χ4n) is 4.25. The molecule has 2 aliphatic rings. The first-order valence-corrected chi connectivity index (χ1v) is 12.0. The number of hydrogen-bond acceptors (Lipinski definition) is 4. The van der Waals surface area contributed by atoms with Crippen LogP contribution < -0.4 is 9.64 Å². The quantitative estimate of drug-likeness (QED) is 0.714. The third-order valence-electron chi connectivity index (χ3n) is 5.93. The standard InChI is InChI=1S/C22H25ClN2O4S/c1-29-19-5-7-20(8-6-19)30(27,28)24-13-10-16(11-14-24)22(26)25-12-2-3-17-15-18(23)4-9-21(17)25/h4-9,15-16H,2-3,10-14H2,1H3. The van der Waals surface area contributed by atoms with Gasteiger partial charge in [-0.2, -0.15) is 4.31 Å². The SMILES string of the molecule is COc1ccc(S(=O)(=O)N2CCC(C(=O)N3CCCc4cc(Cl)ccc43)CC2)cc1. The molecular formula is C22H25ClN2O4S. The molecule has 2 aliphatic heterocycles. The van der Waals surface area contributed by atoms with Gasteiger partial charge in [-0.05, 0) is 73.7 Å². The van der Waals surface area contributed by atoms with Crippen molar-refractivity contribution in [3.05, 3.63) is 53.1 Å². The van der Waals surface area contributed by atoms with Gasteiger partial charge in [-0.3, -0.25) is 4.79 Å². The average molecular weight is 449 g/mol. The number of halogens is 1. The number of nitrogens with zero attached hydrogens (tertiary/aromatic N) is 2. The zero-order chi connectivity index (χ0) is 21.3. The van der Waals surface area contributed by atoms with Crippen LogP contribution >= 0.6 is 11.6 Å². The smallest absolute Gasteiger partial charge is 0.243 e. The van der Waals surface area contributed by atoms with Crippen molar-refractivity contribution in [2.24, 2.45) is 5.92 Å². The molecule has 1 fully saturated rings. The van der Waals surface area contributed by atoms with Crippen LogP contribution in [0.2, 0.25) is 5.02 Å². The number of rotatable bonds is 4. The topological polar surface area (TPSA) is 66.9 Å². The molecule has 0 saturated carbocycles. The molecule has 1 saturated heterocycles. The summed E-state index contributed by atoms with van der Waals surface area (Å²) < 4.78 is 32.4. The van der Waals surface area contributed by atoms with Crippen LogP contribution in [-0.4, -0.2) is 45.4 Å². The molecule has 2 aromatic rings. The molecule has 0 atom stereocenters. The molecule has 2 heterocycles. The number of carbonyl (C=O) groups is 1. The number of piperidine rings is 1. The maximum Gasteiger partial charge on any atom is 0.243 e. The number of aryl methyl sites for hydroxylation is 1. The Kier molecular flexibility index (Phi) is 6.04. The summed E-state index contributed by atoms with van der Waals surface area (Å²) in [6, 6.07) is 12.1. The first-order chi connectivity index (χ1) is 14.4. The van der Waals surface area contributed by atoms with Crippen LogP contribution in [0, 0.1) is 5.92 Å². The summed E-state index contributed by atoms with van der Waals surface area (Å²) in [5.74, 6) is 0.523. The van der Waals surface area contributed by atoms with Crippen molar-refractivity contribution >= 4 is 33.2 Å². The second kappa shape index (κ2) is 8.57. The highest BCUT2D eigenvalue weighted by Gasteiger charge is 2.35. The second-order valence-corrected chi connectivity index (χ2v) is 10.1. The molecule has 0 aromatic heterocycles. The molecule has 160 valence electrons. The summed E-state index contributed by atoms with van der Waals surface area (Å²) in [7, 11) is -2.03. The molecule has 0 N–H and O–H groups in total. The van der Waals surface area contributed by atoms with E-state index in [9.17, 15) is 13.2 Å². The number of benzene rings is 2. The van der Waals surface area contributed by atoms with Gasteiger partial charge in [0.2, 0.25) is 15.9 Å². The molecule has 30 heavy (non-hydrogen) atoms. The van der Waals surface area contributed by atoms with Crippen LogP contribution in [-0.2, 0) is 21.2 Å². The van der Waals surface area contributed by atoms with E-state index in [2.05, 4.69) is 0 Å². The molecule has 6 nitrogen and oxygen atoms in total. The first kappa shape index (κ1) is 21.2. The summed E-state index contributed by atoms with van der Waals surface area (Å²) in [4.78, 5) is 15.3. The Morgan fingerprint density at radius 1 is 1.07 bits per heavy atom. The summed E-state index contributed by atoms with van der Waals surface area (Å²) in [5, 5.41) is 0.681. The molecule has 2 aromatic carbocycles. The molecule has 0 unspecified atom stereocenters. The van der Waals surface area contributed by atoms with E-state index in [1.165, 1.54) is 4.31 Å². The molecule has 8 heteroatoms. The Hall–Kier alpha value is -2.09. The van der Waals surface area contributed by atoms with Crippen molar-refractivity contribution in [2.75, 3.05) is 31.6 Å². The van der Waals surface area contributed by atoms with Gasteiger partial charge in [0.1, 0.15) is 5.75 Å². The van der Waals surface area contributed by atoms with Crippen LogP contribution in [0.5, 0.6) is 5.75 Å². The number of hydrogen-bond donors (Lipinski definition) is 0. The minimum Gasteiger partial charge on any atom is -0.497 e. The Morgan fingerprint density at radius 3 is 2.43 bits per heavy atom. The average Bonchev–Trinajstić information content (AvgIpc) is 2.78. The van der Waals surface area contributed by atoms with Gasteiger partial charge in [-0.1, -0.05) is 11.6 Å². The van der Waals surface area contributed by atoms with E-state index in [1.54, 1.807) is 31.4 Å². The minimum atomic E-state index is -3.58. The van der Waals surface area contributed by atoms with E-state index in [1.807, 2.05) is 23.1 Å². The van der Waals surface area contributed by atoms with Gasteiger partial charge in [0.15, 0.2) is 0 Å². The van der Waals surface area contributed by atoms with Crippen LogP contribution in [0.3, 0.4) is 0 Å². The number of fused-ring (bicyclic) bond motifs is 1. The summed E-state index contributed by atoms with van der Waals surface area (Å²) in [6.07, 6.45) is 2.86. The van der Waals surface area contributed by atoms with Crippen molar-refractivity contribution in [1.29, 1.82) is 0 Å². The number of methoxy groups -OCH3 is 1. The van der Waals surface area contributed by atoms with Crippen molar-refractivity contribution in [3.8, 4) is 5.75 Å². The van der Waals surface area contributed by atoms with Gasteiger partial charge >= 0.3 is 0 Å². The van der Waals surface area contributed by atoms with Gasteiger partial charge in [0.25, 0.3) is 0 Å². The highest BCUT2D eigenvalue weighted by atomic mass is 35.5. The van der Waals surface area contributed by atoms with E-state index >= 15 is 0 Å². The molecule has 0 spiro atoms. The predicted molar refractivity (Wildman–Crippen MR) is 117 cm³/mol. The Bertz CT molecular complexity index is 1030. The maximum atomic E-state index is 13.2. The lowest BCUT2D eigenvalue weighted by Crippen LogP contribution is -2.45. The number of anilines is 1. The van der Waals surface area contributed by atoms with E-state index in [0.717, 1.165) is 24.1 Å². The minimum absolute atomic E-state index is 0.0831. The van der Waals surface area contributed by atoms with Gasteiger partial charge in [-0.25, -0.2) is 8.42 Å². The number of ether oxygens (including phenoxy) is 1. The fourth-order valence-corrected chi connectivity index (χ4v) is 5.92. The number of sulfonamides is 1. The Labute approximate surface area is 182 Å². The van der Waals surface area contributed by atoms with E-state index in [4.69, 9.17) is 16.3 Å². The lowest BCUT2D eigenvalue weighted by molar-refractivity contribution is -0.123. The largest absolute Gasteiger partial charge is 0.497 e. The van der Waals surface area contributed by atoms with Gasteiger partial charge in [0.05, 0.1) is 12.0 Å². The highest BCUT2D eigenvalue weighted by molar-refractivity contribution is 7.89. The normalized spacial score (nSPS) is 18.1. The summed E-state index contributed by atoms with van der Waals surface area (Å²) in [6.45, 7) is 1.37. The van der Waals surface area contributed by atoms with Crippen molar-refractivity contribution in [2.45, 2.75) is 30.6 Å². The maximum absolute atomic E-state index is 13.2. The van der Waals surface area contributed by atoms with Crippen LogP contribution in [0.15, 0.2) is 47.4 Å². The molecule has 0 radical (unpaired) electrons. The Balaban J connectivity index is 1.44. The third-order valence-corrected chi connectivity index (χ3v) is 8.07. The summed E-state index contributed by atoms with van der Waals surface area (Å²) in [5.41, 5.74) is 2.03. The van der Waals surface area contributed by atoms with Crippen LogP contribution in [0.1, 0.15) is 24.8 Å². The van der Waals surface area contributed by atoms with Crippen molar-refractivity contribution in [1.82, 2.24) is 4.31 Å². The van der Waals surface area contributed by atoms with Gasteiger partial charge < -0.3 is 9.64 Å². The zero-order valence-electron chi connectivity index (χ0n) is 16.9. The fraction of sp³-hybridized carbons (Fsp3) is 0.409. The molecular weight excluding hydrogens is 424 g/mol. The van der Waals surface area contributed by atoms with E-state index in [0.29, 0.717) is 43.2 Å². The van der Waals surface area contributed by atoms with Crippen molar-refractivity contribution < 1.29 is 17.9 Å². The highest BCUT2D eigenvalue weighted by Crippen LogP contribution is 2.33. The van der Waals surface area contributed by atoms with E-state index in [-0.39, 0.29) is 16.7 Å². The van der Waals surface area contributed by atoms with Gasteiger partial charge in [0, 0.05) is 36.3 Å². The monoisotopic (exact) mass is 448 g/mol. The third kappa shape index (κ3) is 4.06. The van der Waals surface area contributed by atoms with Gasteiger partial charge in [-0.15, -0.1) is 0 Å². The predicted octanol–water partition coefficient (Wildman–Crippen LogP) is 3.73. The molecule has 4 rings (SSSR count). The van der Waals surface area contributed by atoms with Crippen molar-refractivity contribution in [3.63, 3.8) is 0 Å². The number of carbonyl (C=O) groups excluding carboxylic acids is 1. The van der Waals surface area contributed by atoms with Crippen LogP contribution in [0.4, 0.5) is 5.69 Å². The van der Waals surface area contributed by atoms with E-state index < -0.39 is 10.0 Å². The molecule has 0 bridgehead atoms. The Morgan fingerprint density at radius 2 is 1.77 bits per heavy atom.